The molecule has 1 saturated heterocycles. The maximum absolute atomic E-state index is 12.4. The third kappa shape index (κ3) is 7.82. The van der Waals surface area contributed by atoms with E-state index in [1.165, 1.54) is 31.4 Å². The van der Waals surface area contributed by atoms with Crippen LogP contribution in [0.25, 0.3) is 5.70 Å². The molecule has 1 aliphatic rings. The van der Waals surface area contributed by atoms with Gasteiger partial charge < -0.3 is 19.7 Å². The van der Waals surface area contributed by atoms with Gasteiger partial charge in [0, 0.05) is 51.2 Å². The van der Waals surface area contributed by atoms with Crippen molar-refractivity contribution in [2.45, 2.75) is 19.8 Å². The van der Waals surface area contributed by atoms with Gasteiger partial charge in [-0.05, 0) is 67.6 Å². The lowest BCUT2D eigenvalue weighted by Gasteiger charge is -2.35. The number of benzene rings is 1. The van der Waals surface area contributed by atoms with E-state index in [0.717, 1.165) is 56.3 Å². The summed E-state index contributed by atoms with van der Waals surface area (Å²) >= 11 is 0. The minimum absolute atomic E-state index is 0.244. The molecule has 3 heterocycles. The molecule has 1 aliphatic heterocycles. The molecular formula is C28H34F3N7O2. The summed E-state index contributed by atoms with van der Waals surface area (Å²) in [6, 6.07) is 11.3. The molecule has 2 aromatic heterocycles. The number of alkyl halides is 3. The summed E-state index contributed by atoms with van der Waals surface area (Å²) in [7, 11) is 3.45. The molecule has 1 aromatic carbocycles. The van der Waals surface area contributed by atoms with Crippen molar-refractivity contribution >= 4 is 17.4 Å². The average Bonchev–Trinajstić information content (AvgIpc) is 3.29. The van der Waals surface area contributed by atoms with E-state index < -0.39 is 6.36 Å². The highest BCUT2D eigenvalue weighted by atomic mass is 19.4. The number of aliphatic imine (C=N–C) groups is 1. The normalized spacial score (nSPS) is 14.8. The number of aromatic nitrogens is 3. The number of piperazine rings is 1. The molecule has 1 fully saturated rings. The van der Waals surface area contributed by atoms with Crippen molar-refractivity contribution in [1.29, 1.82) is 0 Å². The molecule has 0 amide bonds. The lowest BCUT2D eigenvalue weighted by atomic mass is 10.2. The van der Waals surface area contributed by atoms with Gasteiger partial charge in [-0.3, -0.25) is 9.58 Å². The van der Waals surface area contributed by atoms with Crippen molar-refractivity contribution in [1.82, 2.24) is 25.0 Å². The van der Waals surface area contributed by atoms with E-state index in [4.69, 9.17) is 4.74 Å². The van der Waals surface area contributed by atoms with E-state index >= 15 is 0 Å². The molecule has 0 aliphatic carbocycles. The average molecular weight is 558 g/mol. The molecule has 0 unspecified atom stereocenters. The summed E-state index contributed by atoms with van der Waals surface area (Å²) in [6.45, 7) is 12.3. The van der Waals surface area contributed by atoms with Crippen molar-refractivity contribution in [3.05, 3.63) is 77.8 Å². The van der Waals surface area contributed by atoms with E-state index in [0.29, 0.717) is 23.5 Å². The first-order chi connectivity index (χ1) is 19.1. The standard InChI is InChI=1S/C28H34F3N7O2/c1-20-17-25(27(39-4)34-21(2)23-5-7-24(8-6-23)40-28(29,30)31)35-38(20)19-22-9-10-33-26(18-22)37-15-13-36(14-16-37)12-11-32-3/h5-10,17-18,32H,2,11-16,19H2,1,3-4H3. The van der Waals surface area contributed by atoms with E-state index in [9.17, 15) is 13.2 Å². The van der Waals surface area contributed by atoms with E-state index in [1.54, 1.807) is 0 Å². The molecule has 9 nitrogen and oxygen atoms in total. The fourth-order valence-corrected chi connectivity index (χ4v) is 4.39. The zero-order valence-corrected chi connectivity index (χ0v) is 22.9. The Morgan fingerprint density at radius 3 is 2.48 bits per heavy atom. The van der Waals surface area contributed by atoms with Crippen LogP contribution >= 0.6 is 0 Å². The maximum Gasteiger partial charge on any atom is 0.573 e. The van der Waals surface area contributed by atoms with Crippen LogP contribution in [0.15, 0.2) is 60.2 Å². The number of ether oxygens (including phenoxy) is 2. The van der Waals surface area contributed by atoms with Crippen LogP contribution < -0.4 is 15.0 Å². The summed E-state index contributed by atoms with van der Waals surface area (Å²) in [4.78, 5) is 13.8. The number of anilines is 1. The van der Waals surface area contributed by atoms with Gasteiger partial charge in [-0.1, -0.05) is 6.58 Å². The van der Waals surface area contributed by atoms with Crippen LogP contribution in [-0.2, 0) is 11.3 Å². The lowest BCUT2D eigenvalue weighted by molar-refractivity contribution is -0.274. The van der Waals surface area contributed by atoms with E-state index in [2.05, 4.69) is 47.6 Å². The first-order valence-electron chi connectivity index (χ1n) is 12.9. The first-order valence-corrected chi connectivity index (χ1v) is 12.9. The Kier molecular flexibility index (Phi) is 9.43. The van der Waals surface area contributed by atoms with E-state index in [-0.39, 0.29) is 11.6 Å². The van der Waals surface area contributed by atoms with Crippen LogP contribution in [0.3, 0.4) is 0 Å². The number of methoxy groups -OCH3 is 1. The number of pyridine rings is 1. The molecule has 0 radical (unpaired) electrons. The number of likely N-dealkylation sites (N-methyl/N-ethyl adjacent to an activating group) is 1. The molecule has 40 heavy (non-hydrogen) atoms. The Bertz CT molecular complexity index is 1310. The summed E-state index contributed by atoms with van der Waals surface area (Å²) in [5, 5.41) is 7.89. The van der Waals surface area contributed by atoms with Gasteiger partial charge in [-0.2, -0.15) is 5.10 Å². The maximum atomic E-state index is 12.4. The number of nitrogens with one attached hydrogen (secondary N) is 1. The number of rotatable bonds is 10. The third-order valence-electron chi connectivity index (χ3n) is 6.57. The predicted octanol–water partition coefficient (Wildman–Crippen LogP) is 3.94. The zero-order chi connectivity index (χ0) is 28.7. The Morgan fingerprint density at radius 1 is 1.10 bits per heavy atom. The quantitative estimate of drug-likeness (QED) is 0.299. The van der Waals surface area contributed by atoms with Crippen LogP contribution in [-0.4, -0.2) is 85.4 Å². The second-order valence-electron chi connectivity index (χ2n) is 9.42. The molecular weight excluding hydrogens is 523 g/mol. The number of nitrogens with zero attached hydrogens (tertiary/aromatic N) is 6. The summed E-state index contributed by atoms with van der Waals surface area (Å²) in [6.07, 6.45) is -2.93. The number of hydrogen-bond acceptors (Lipinski definition) is 8. The second-order valence-corrected chi connectivity index (χ2v) is 9.42. The fraction of sp³-hybridized carbons (Fsp3) is 0.393. The minimum atomic E-state index is -4.75. The zero-order valence-electron chi connectivity index (χ0n) is 22.9. The Hall–Kier alpha value is -3.90. The fourth-order valence-electron chi connectivity index (χ4n) is 4.39. The van der Waals surface area contributed by atoms with Gasteiger partial charge >= 0.3 is 6.36 Å². The van der Waals surface area contributed by atoms with Gasteiger partial charge in [-0.15, -0.1) is 13.2 Å². The van der Waals surface area contributed by atoms with Crippen LogP contribution in [0.1, 0.15) is 22.5 Å². The molecule has 1 N–H and O–H groups in total. The van der Waals surface area contributed by atoms with Crippen LogP contribution in [0.5, 0.6) is 5.75 Å². The molecule has 0 atom stereocenters. The third-order valence-corrected chi connectivity index (χ3v) is 6.57. The Balaban J connectivity index is 1.43. The SMILES string of the molecule is C=C(N=C(OC)c1cc(C)n(Cc2ccnc(N3CCN(CCNC)CC3)c2)n1)c1ccc(OC(F)(F)F)cc1. The largest absolute Gasteiger partial charge is 0.573 e. The highest BCUT2D eigenvalue weighted by Crippen LogP contribution is 2.25. The van der Waals surface area contributed by atoms with Crippen molar-refractivity contribution in [3.8, 4) is 5.75 Å². The molecule has 0 spiro atoms. The molecule has 0 bridgehead atoms. The van der Waals surface area contributed by atoms with Crippen molar-refractivity contribution in [2.75, 3.05) is 58.3 Å². The number of hydrogen-bond donors (Lipinski definition) is 1. The minimum Gasteiger partial charge on any atom is -0.479 e. The number of aryl methyl sites for hydroxylation is 1. The van der Waals surface area contributed by atoms with Gasteiger partial charge in [-0.25, -0.2) is 9.98 Å². The van der Waals surface area contributed by atoms with Crippen LogP contribution in [0.2, 0.25) is 0 Å². The van der Waals surface area contributed by atoms with Crippen molar-refractivity contribution in [2.24, 2.45) is 4.99 Å². The predicted molar refractivity (Wildman–Crippen MR) is 149 cm³/mol. The van der Waals surface area contributed by atoms with Gasteiger partial charge in [0.25, 0.3) is 0 Å². The molecule has 4 rings (SSSR count). The summed E-state index contributed by atoms with van der Waals surface area (Å²) in [5.41, 5.74) is 3.34. The monoisotopic (exact) mass is 557 g/mol. The van der Waals surface area contributed by atoms with Crippen molar-refractivity contribution < 1.29 is 22.6 Å². The molecule has 0 saturated carbocycles. The Morgan fingerprint density at radius 2 is 1.82 bits per heavy atom. The number of halogens is 3. The summed E-state index contributed by atoms with van der Waals surface area (Å²) < 4.78 is 48.6. The van der Waals surface area contributed by atoms with Crippen LogP contribution in [0, 0.1) is 6.92 Å². The highest BCUT2D eigenvalue weighted by Gasteiger charge is 2.31. The molecule has 12 heteroatoms. The van der Waals surface area contributed by atoms with E-state index in [1.807, 2.05) is 37.0 Å². The smallest absolute Gasteiger partial charge is 0.479 e. The first kappa shape index (κ1) is 29.1. The topological polar surface area (TPSA) is 80.0 Å². The molecule has 214 valence electrons. The van der Waals surface area contributed by atoms with Crippen LogP contribution in [0.4, 0.5) is 19.0 Å². The van der Waals surface area contributed by atoms with Crippen molar-refractivity contribution in [3.63, 3.8) is 0 Å². The van der Waals surface area contributed by atoms with Gasteiger partial charge in [0.15, 0.2) is 0 Å². The Labute approximate surface area is 231 Å². The van der Waals surface area contributed by atoms with Gasteiger partial charge in [0.05, 0.1) is 19.4 Å². The second kappa shape index (κ2) is 13.0. The molecule has 3 aromatic rings. The summed E-state index contributed by atoms with van der Waals surface area (Å²) in [5.74, 6) is 0.882. The highest BCUT2D eigenvalue weighted by molar-refractivity contribution is 5.95. The van der Waals surface area contributed by atoms with Gasteiger partial charge in [0.2, 0.25) is 5.90 Å². The lowest BCUT2D eigenvalue weighted by Crippen LogP contribution is -2.48. The van der Waals surface area contributed by atoms with Gasteiger partial charge in [0.1, 0.15) is 17.3 Å².